The molecule has 1 N–H and O–H groups in total. The van der Waals surface area contributed by atoms with Crippen LogP contribution in [0.5, 0.6) is 11.5 Å². The molecule has 0 bridgehead atoms. The van der Waals surface area contributed by atoms with Crippen LogP contribution >= 0.6 is 0 Å². The van der Waals surface area contributed by atoms with Gasteiger partial charge in [0.25, 0.3) is 0 Å². The topological polar surface area (TPSA) is 30.5 Å². The van der Waals surface area contributed by atoms with Crippen LogP contribution in [0.15, 0.2) is 36.4 Å². The second-order valence-electron chi connectivity index (χ2n) is 4.93. The van der Waals surface area contributed by atoms with E-state index in [-0.39, 0.29) is 11.6 Å². The third kappa shape index (κ3) is 5.49. The molecule has 0 amide bonds. The number of hydrogen-bond donors (Lipinski definition) is 1. The van der Waals surface area contributed by atoms with E-state index in [1.807, 2.05) is 0 Å². The zero-order valence-electron chi connectivity index (χ0n) is 12.7. The van der Waals surface area contributed by atoms with E-state index in [1.54, 1.807) is 19.1 Å². The Morgan fingerprint density at radius 3 is 1.91 bits per heavy atom. The van der Waals surface area contributed by atoms with Crippen LogP contribution in [-0.4, -0.2) is 26.3 Å². The number of benzene rings is 2. The summed E-state index contributed by atoms with van der Waals surface area (Å²) in [5.74, 6) is -1.38. The van der Waals surface area contributed by atoms with Crippen LogP contribution < -0.4 is 14.8 Å². The van der Waals surface area contributed by atoms with Gasteiger partial charge in [-0.3, -0.25) is 0 Å². The summed E-state index contributed by atoms with van der Waals surface area (Å²) in [5, 5.41) is 3.07. The van der Waals surface area contributed by atoms with Gasteiger partial charge in [0.15, 0.2) is 11.6 Å². The third-order valence-corrected chi connectivity index (χ3v) is 3.13. The molecule has 0 aliphatic heterocycles. The van der Waals surface area contributed by atoms with Crippen molar-refractivity contribution in [3.8, 4) is 11.5 Å². The van der Waals surface area contributed by atoms with Gasteiger partial charge in [-0.05, 0) is 30.7 Å². The van der Waals surface area contributed by atoms with Crippen LogP contribution in [0.1, 0.15) is 5.56 Å². The molecule has 0 heterocycles. The SMILES string of the molecule is Cc1ccc(OCCNCCOc2ccc(F)c(F)c2)cc1F. The molecule has 2 aromatic rings. The summed E-state index contributed by atoms with van der Waals surface area (Å²) in [6, 6.07) is 8.12. The Morgan fingerprint density at radius 2 is 1.35 bits per heavy atom. The van der Waals surface area contributed by atoms with Gasteiger partial charge in [-0.2, -0.15) is 0 Å². The molecule has 0 unspecified atom stereocenters. The lowest BCUT2D eigenvalue weighted by molar-refractivity contribution is 0.287. The molecule has 0 aromatic heterocycles. The van der Waals surface area contributed by atoms with Crippen LogP contribution in [0, 0.1) is 24.4 Å². The molecule has 0 saturated heterocycles. The van der Waals surface area contributed by atoms with Crippen LogP contribution in [0.3, 0.4) is 0 Å². The van der Waals surface area contributed by atoms with E-state index in [2.05, 4.69) is 5.32 Å². The van der Waals surface area contributed by atoms with Crippen LogP contribution in [0.2, 0.25) is 0 Å². The summed E-state index contributed by atoms with van der Waals surface area (Å²) in [7, 11) is 0. The molecule has 0 radical (unpaired) electrons. The van der Waals surface area contributed by atoms with Crippen molar-refractivity contribution in [3.05, 3.63) is 59.4 Å². The van der Waals surface area contributed by atoms with Gasteiger partial charge in [0.1, 0.15) is 30.5 Å². The summed E-state index contributed by atoms with van der Waals surface area (Å²) in [6.07, 6.45) is 0. The Labute approximate surface area is 133 Å². The molecular formula is C17H18F3NO2. The number of nitrogens with one attached hydrogen (secondary N) is 1. The van der Waals surface area contributed by atoms with Crippen LogP contribution in [0.25, 0.3) is 0 Å². The fraction of sp³-hybridized carbons (Fsp3) is 0.294. The van der Waals surface area contributed by atoms with Crippen LogP contribution in [0.4, 0.5) is 13.2 Å². The van der Waals surface area contributed by atoms with E-state index >= 15 is 0 Å². The quantitative estimate of drug-likeness (QED) is 0.754. The largest absolute Gasteiger partial charge is 0.492 e. The lowest BCUT2D eigenvalue weighted by Crippen LogP contribution is -2.25. The Kier molecular flexibility index (Phi) is 6.29. The van der Waals surface area contributed by atoms with Gasteiger partial charge >= 0.3 is 0 Å². The predicted octanol–water partition coefficient (Wildman–Crippen LogP) is 3.46. The Bertz CT molecular complexity index is 594. The number of aryl methyl sites for hydroxylation is 1. The smallest absolute Gasteiger partial charge is 0.162 e. The van der Waals surface area contributed by atoms with Crippen molar-refractivity contribution in [2.24, 2.45) is 0 Å². The highest BCUT2D eigenvalue weighted by Crippen LogP contribution is 2.16. The fourth-order valence-corrected chi connectivity index (χ4v) is 1.84. The molecule has 0 aliphatic carbocycles. The summed E-state index contributed by atoms with van der Waals surface area (Å²) in [4.78, 5) is 0. The Balaban J connectivity index is 1.58. The zero-order valence-corrected chi connectivity index (χ0v) is 12.7. The molecular weight excluding hydrogens is 307 g/mol. The summed E-state index contributed by atoms with van der Waals surface area (Å²) in [6.45, 7) is 3.45. The predicted molar refractivity (Wildman–Crippen MR) is 81.4 cm³/mol. The molecule has 0 aliphatic rings. The normalized spacial score (nSPS) is 10.6. The minimum atomic E-state index is -0.936. The van der Waals surface area contributed by atoms with Gasteiger partial charge in [-0.25, -0.2) is 13.2 Å². The monoisotopic (exact) mass is 325 g/mol. The van der Waals surface area contributed by atoms with Gasteiger partial charge in [0.2, 0.25) is 0 Å². The minimum Gasteiger partial charge on any atom is -0.492 e. The molecule has 0 spiro atoms. The molecule has 2 rings (SSSR count). The minimum absolute atomic E-state index is 0.275. The van der Waals surface area contributed by atoms with Crippen molar-refractivity contribution in [1.82, 2.24) is 5.32 Å². The van der Waals surface area contributed by atoms with Crippen LogP contribution in [-0.2, 0) is 0 Å². The lowest BCUT2D eigenvalue weighted by atomic mass is 10.2. The molecule has 23 heavy (non-hydrogen) atoms. The van der Waals surface area contributed by atoms with E-state index in [0.717, 1.165) is 12.1 Å². The van der Waals surface area contributed by atoms with E-state index in [0.29, 0.717) is 37.6 Å². The number of ether oxygens (including phenoxy) is 2. The van der Waals surface area contributed by atoms with Crippen molar-refractivity contribution < 1.29 is 22.6 Å². The van der Waals surface area contributed by atoms with Crippen molar-refractivity contribution >= 4 is 0 Å². The molecule has 0 saturated carbocycles. The average Bonchev–Trinajstić information content (AvgIpc) is 2.53. The molecule has 6 heteroatoms. The first-order chi connectivity index (χ1) is 11.1. The molecule has 3 nitrogen and oxygen atoms in total. The molecule has 0 atom stereocenters. The van der Waals surface area contributed by atoms with E-state index in [4.69, 9.17) is 9.47 Å². The molecule has 0 fully saturated rings. The third-order valence-electron chi connectivity index (χ3n) is 3.13. The summed E-state index contributed by atoms with van der Waals surface area (Å²) < 4.78 is 49.7. The Morgan fingerprint density at radius 1 is 0.783 bits per heavy atom. The first-order valence-electron chi connectivity index (χ1n) is 7.24. The second kappa shape index (κ2) is 8.43. The number of halogens is 3. The van der Waals surface area contributed by atoms with E-state index in [9.17, 15) is 13.2 Å². The fourth-order valence-electron chi connectivity index (χ4n) is 1.84. The molecule has 2 aromatic carbocycles. The first kappa shape index (κ1) is 17.1. The average molecular weight is 325 g/mol. The number of rotatable bonds is 8. The zero-order chi connectivity index (χ0) is 16.7. The summed E-state index contributed by atoms with van der Waals surface area (Å²) in [5.41, 5.74) is 0.574. The first-order valence-corrected chi connectivity index (χ1v) is 7.24. The van der Waals surface area contributed by atoms with Crippen molar-refractivity contribution in [2.45, 2.75) is 6.92 Å². The van der Waals surface area contributed by atoms with Crippen molar-refractivity contribution in [3.63, 3.8) is 0 Å². The van der Waals surface area contributed by atoms with Gasteiger partial charge in [-0.15, -0.1) is 0 Å². The lowest BCUT2D eigenvalue weighted by Gasteiger charge is -2.09. The standard InChI is InChI=1S/C17H18F3NO2/c1-12-2-3-13(10-16(12)19)22-8-6-21-7-9-23-14-4-5-15(18)17(20)11-14/h2-5,10-11,21H,6-9H2,1H3. The summed E-state index contributed by atoms with van der Waals surface area (Å²) >= 11 is 0. The maximum atomic E-state index is 13.3. The van der Waals surface area contributed by atoms with E-state index in [1.165, 1.54) is 12.1 Å². The van der Waals surface area contributed by atoms with Gasteiger partial charge in [0, 0.05) is 25.2 Å². The van der Waals surface area contributed by atoms with Crippen molar-refractivity contribution in [1.29, 1.82) is 0 Å². The van der Waals surface area contributed by atoms with Crippen molar-refractivity contribution in [2.75, 3.05) is 26.3 Å². The highest BCUT2D eigenvalue weighted by Gasteiger charge is 2.03. The molecule has 124 valence electrons. The second-order valence-corrected chi connectivity index (χ2v) is 4.93. The maximum absolute atomic E-state index is 13.3. The van der Waals surface area contributed by atoms with Gasteiger partial charge in [-0.1, -0.05) is 6.07 Å². The van der Waals surface area contributed by atoms with Gasteiger partial charge in [0.05, 0.1) is 0 Å². The highest BCUT2D eigenvalue weighted by molar-refractivity contribution is 5.28. The Hall–Kier alpha value is -2.21. The number of hydrogen-bond acceptors (Lipinski definition) is 3. The van der Waals surface area contributed by atoms with E-state index < -0.39 is 11.6 Å². The highest BCUT2D eigenvalue weighted by atomic mass is 19.2. The maximum Gasteiger partial charge on any atom is 0.162 e. The van der Waals surface area contributed by atoms with Gasteiger partial charge < -0.3 is 14.8 Å².